The van der Waals surface area contributed by atoms with Crippen LogP contribution in [0.2, 0.25) is 5.04 Å². The highest BCUT2D eigenvalue weighted by Gasteiger charge is 2.49. The van der Waals surface area contributed by atoms with Crippen LogP contribution in [0.15, 0.2) is 91.0 Å². The maximum Gasteiger partial charge on any atom is 0.407 e. The predicted octanol–water partition coefficient (Wildman–Crippen LogP) is 4.57. The van der Waals surface area contributed by atoms with Crippen LogP contribution in [-0.4, -0.2) is 93.6 Å². The first-order valence-corrected chi connectivity index (χ1v) is 17.9. The molecule has 0 radical (unpaired) electrons. The zero-order valence-electron chi connectivity index (χ0n) is 27.6. The second-order valence-corrected chi connectivity index (χ2v) is 15.9. The lowest BCUT2D eigenvalue weighted by Crippen LogP contribution is -2.66. The highest BCUT2D eigenvalue weighted by atomic mass is 28.4. The van der Waals surface area contributed by atoms with Gasteiger partial charge in [-0.15, -0.1) is 0 Å². The molecule has 9 nitrogen and oxygen atoms in total. The largest absolute Gasteiger partial charge is 0.445 e. The van der Waals surface area contributed by atoms with Crippen LogP contribution in [0.25, 0.3) is 0 Å². The molecule has 0 aliphatic heterocycles. The Morgan fingerprint density at radius 1 is 0.565 bits per heavy atom. The summed E-state index contributed by atoms with van der Waals surface area (Å²) >= 11 is 0. The summed E-state index contributed by atoms with van der Waals surface area (Å²) in [6.07, 6.45) is -0.464. The summed E-state index contributed by atoms with van der Waals surface area (Å²) in [5.74, 6) is 0. The first kappa shape index (κ1) is 37.4. The topological polar surface area (TPSA) is 93.7 Å². The van der Waals surface area contributed by atoms with Gasteiger partial charge in [-0.2, -0.15) is 0 Å². The molecule has 0 fully saturated rings. The Balaban J connectivity index is 1.14. The number of ether oxygens (including phenoxy) is 6. The van der Waals surface area contributed by atoms with E-state index in [-0.39, 0.29) is 11.6 Å². The summed E-state index contributed by atoms with van der Waals surface area (Å²) in [4.78, 5) is 11.7. The van der Waals surface area contributed by atoms with Crippen molar-refractivity contribution in [2.24, 2.45) is 0 Å². The number of alkyl carbamates (subject to hydrolysis) is 1. The molecule has 0 bridgehead atoms. The molecule has 0 spiro atoms. The average Bonchev–Trinajstić information content (AvgIpc) is 3.07. The van der Waals surface area contributed by atoms with Gasteiger partial charge >= 0.3 is 6.09 Å². The lowest BCUT2D eigenvalue weighted by molar-refractivity contribution is -0.0126. The number of rotatable bonds is 23. The summed E-state index contributed by atoms with van der Waals surface area (Å²) in [7, 11) is -2.54. The Hall–Kier alpha value is -3.09. The molecule has 0 heterocycles. The number of hydrogen-bond acceptors (Lipinski definition) is 8. The van der Waals surface area contributed by atoms with Crippen molar-refractivity contribution in [1.82, 2.24) is 5.32 Å². The highest BCUT2D eigenvalue weighted by molar-refractivity contribution is 6.99. The molecule has 46 heavy (non-hydrogen) atoms. The van der Waals surface area contributed by atoms with Gasteiger partial charge in [0.2, 0.25) is 0 Å². The van der Waals surface area contributed by atoms with E-state index in [2.05, 4.69) is 74.6 Å². The van der Waals surface area contributed by atoms with Gasteiger partial charge in [0.05, 0.1) is 72.7 Å². The van der Waals surface area contributed by atoms with Gasteiger partial charge in [-0.25, -0.2) is 4.79 Å². The smallest absolute Gasteiger partial charge is 0.407 e. The standard InChI is InChI=1S/C36H51NO8Si/c1-36(2,3)46(33-15-9-5-10-16-33,34-17-11-6-12-18-34)45-30-29-43-28-27-42-26-25-41-24-23-40-22-21-39-20-19-37-35(38)44-31-32-13-7-4-8-14-32/h4-18H,19-31H2,1-3H3,(H,37,38). The monoisotopic (exact) mass is 653 g/mol. The second kappa shape index (κ2) is 21.7. The molecule has 0 atom stereocenters. The van der Waals surface area contributed by atoms with Crippen molar-refractivity contribution < 1.29 is 37.6 Å². The first-order valence-electron chi connectivity index (χ1n) is 16.0. The Bertz CT molecular complexity index is 1160. The van der Waals surface area contributed by atoms with Crippen molar-refractivity contribution in [2.45, 2.75) is 32.4 Å². The fraction of sp³-hybridized carbons (Fsp3) is 0.472. The molecule has 1 amide bonds. The van der Waals surface area contributed by atoms with Crippen molar-refractivity contribution in [3.8, 4) is 0 Å². The van der Waals surface area contributed by atoms with Crippen LogP contribution in [0.4, 0.5) is 4.79 Å². The lowest BCUT2D eigenvalue weighted by atomic mass is 10.2. The van der Waals surface area contributed by atoms with E-state index in [1.54, 1.807) is 0 Å². The number of carbonyl (C=O) groups excluding carboxylic acids is 1. The summed E-state index contributed by atoms with van der Waals surface area (Å²) in [5, 5.41) is 5.12. The number of benzene rings is 3. The maximum absolute atomic E-state index is 11.7. The van der Waals surface area contributed by atoms with Gasteiger partial charge in [-0.3, -0.25) is 0 Å². The van der Waals surface area contributed by atoms with Crippen LogP contribution in [0, 0.1) is 0 Å². The van der Waals surface area contributed by atoms with Crippen molar-refractivity contribution in [3.63, 3.8) is 0 Å². The lowest BCUT2D eigenvalue weighted by Gasteiger charge is -2.43. The minimum absolute atomic E-state index is 0.0585. The van der Waals surface area contributed by atoms with Gasteiger partial charge in [-0.1, -0.05) is 112 Å². The van der Waals surface area contributed by atoms with Crippen LogP contribution in [0.5, 0.6) is 0 Å². The van der Waals surface area contributed by atoms with E-state index in [9.17, 15) is 4.79 Å². The molecular formula is C36H51NO8Si. The van der Waals surface area contributed by atoms with Crippen LogP contribution in [0.3, 0.4) is 0 Å². The van der Waals surface area contributed by atoms with Gasteiger partial charge < -0.3 is 38.2 Å². The third-order valence-corrected chi connectivity index (χ3v) is 12.2. The quantitative estimate of drug-likeness (QED) is 0.118. The minimum Gasteiger partial charge on any atom is -0.445 e. The van der Waals surface area contributed by atoms with Crippen molar-refractivity contribution >= 4 is 24.8 Å². The number of amides is 1. The number of hydrogen-bond donors (Lipinski definition) is 1. The zero-order chi connectivity index (χ0) is 32.8. The molecule has 0 aliphatic carbocycles. The highest BCUT2D eigenvalue weighted by Crippen LogP contribution is 2.36. The van der Waals surface area contributed by atoms with Gasteiger partial charge in [0.15, 0.2) is 0 Å². The molecule has 0 unspecified atom stereocenters. The van der Waals surface area contributed by atoms with Crippen molar-refractivity contribution in [1.29, 1.82) is 0 Å². The fourth-order valence-corrected chi connectivity index (χ4v) is 9.54. The van der Waals surface area contributed by atoms with Crippen molar-refractivity contribution in [3.05, 3.63) is 96.6 Å². The average molecular weight is 654 g/mol. The molecule has 0 saturated heterocycles. The molecular weight excluding hydrogens is 602 g/mol. The number of carbonyl (C=O) groups is 1. The normalized spacial score (nSPS) is 11.8. The molecule has 1 N–H and O–H groups in total. The van der Waals surface area contributed by atoms with Crippen LogP contribution < -0.4 is 15.7 Å². The first-order chi connectivity index (χ1) is 22.4. The Morgan fingerprint density at radius 3 is 1.39 bits per heavy atom. The van der Waals surface area contributed by atoms with Crippen LogP contribution in [0.1, 0.15) is 26.3 Å². The van der Waals surface area contributed by atoms with E-state index < -0.39 is 14.4 Å². The van der Waals surface area contributed by atoms with E-state index in [0.717, 1.165) is 5.56 Å². The summed E-state index contributed by atoms with van der Waals surface area (Å²) < 4.78 is 39.9. The van der Waals surface area contributed by atoms with Gasteiger partial charge in [0.1, 0.15) is 6.61 Å². The Morgan fingerprint density at radius 2 is 0.957 bits per heavy atom. The van der Waals surface area contributed by atoms with Crippen molar-refractivity contribution in [2.75, 3.05) is 79.2 Å². The van der Waals surface area contributed by atoms with E-state index in [1.807, 2.05) is 42.5 Å². The van der Waals surface area contributed by atoms with Gasteiger partial charge in [0.25, 0.3) is 8.32 Å². The number of nitrogens with one attached hydrogen (secondary N) is 1. The molecule has 3 aromatic carbocycles. The van der Waals surface area contributed by atoms with E-state index >= 15 is 0 Å². The molecule has 3 aromatic rings. The Kier molecular flexibility index (Phi) is 17.6. The summed E-state index contributed by atoms with van der Waals surface area (Å²) in [6.45, 7) is 12.7. The van der Waals surface area contributed by atoms with E-state index in [4.69, 9.17) is 32.8 Å². The Labute approximate surface area is 275 Å². The van der Waals surface area contributed by atoms with Crippen LogP contribution in [-0.2, 0) is 39.5 Å². The zero-order valence-corrected chi connectivity index (χ0v) is 28.6. The van der Waals surface area contributed by atoms with Crippen LogP contribution >= 0.6 is 0 Å². The van der Waals surface area contributed by atoms with E-state index in [1.165, 1.54) is 10.4 Å². The fourth-order valence-electron chi connectivity index (χ4n) is 5.00. The molecule has 10 heteroatoms. The molecule has 3 rings (SSSR count). The third kappa shape index (κ3) is 13.3. The minimum atomic E-state index is -2.54. The molecule has 0 aromatic heterocycles. The van der Waals surface area contributed by atoms with Gasteiger partial charge in [-0.05, 0) is 21.0 Å². The predicted molar refractivity (Wildman–Crippen MR) is 182 cm³/mol. The van der Waals surface area contributed by atoms with E-state index in [0.29, 0.717) is 79.2 Å². The third-order valence-electron chi connectivity index (χ3n) is 7.18. The summed E-state index contributed by atoms with van der Waals surface area (Å²) in [5.41, 5.74) is 0.942. The van der Waals surface area contributed by atoms with Gasteiger partial charge in [0, 0.05) is 6.54 Å². The maximum atomic E-state index is 11.7. The molecule has 0 aliphatic rings. The SMILES string of the molecule is CC(C)(C)[Si](OCCOCCOCCOCCOCCOCCNC(=O)OCc1ccccc1)(c1ccccc1)c1ccccc1. The molecule has 0 saturated carbocycles. The molecule has 252 valence electrons. The summed E-state index contributed by atoms with van der Waals surface area (Å²) in [6, 6.07) is 30.8. The second-order valence-electron chi connectivity index (χ2n) is 11.6.